The molecule has 0 radical (unpaired) electrons. The second kappa shape index (κ2) is 7.17. The molecular formula is C15H25F3N2O2. The molecule has 7 heteroatoms. The number of rotatable bonds is 3. The topological polar surface area (TPSA) is 43.8 Å². The van der Waals surface area contributed by atoms with E-state index in [2.05, 4.69) is 0 Å². The normalized spacial score (nSPS) is 29.4. The smallest absolute Gasteiger partial charge is 0.392 e. The van der Waals surface area contributed by atoms with Crippen LogP contribution in [-0.4, -0.2) is 65.3 Å². The van der Waals surface area contributed by atoms with Crippen molar-refractivity contribution in [1.82, 2.24) is 9.80 Å². The monoisotopic (exact) mass is 322 g/mol. The van der Waals surface area contributed by atoms with Crippen LogP contribution < -0.4 is 0 Å². The zero-order valence-electron chi connectivity index (χ0n) is 13.0. The van der Waals surface area contributed by atoms with Crippen LogP contribution in [0.15, 0.2) is 0 Å². The third-order valence-corrected chi connectivity index (χ3v) is 4.80. The first-order chi connectivity index (χ1) is 10.3. The molecule has 128 valence electrons. The molecular weight excluding hydrogens is 297 g/mol. The van der Waals surface area contributed by atoms with E-state index in [0.717, 1.165) is 25.8 Å². The van der Waals surface area contributed by atoms with Crippen molar-refractivity contribution in [1.29, 1.82) is 0 Å². The van der Waals surface area contributed by atoms with E-state index in [-0.39, 0.29) is 31.5 Å². The van der Waals surface area contributed by atoms with Gasteiger partial charge in [-0.25, -0.2) is 0 Å². The van der Waals surface area contributed by atoms with Gasteiger partial charge in [-0.15, -0.1) is 0 Å². The van der Waals surface area contributed by atoms with Crippen molar-refractivity contribution < 1.29 is 23.1 Å². The van der Waals surface area contributed by atoms with E-state index >= 15 is 0 Å². The molecule has 2 rings (SSSR count). The maximum atomic E-state index is 12.8. The molecule has 2 heterocycles. The Labute approximate surface area is 129 Å². The number of piperidine rings is 2. The summed E-state index contributed by atoms with van der Waals surface area (Å²) in [6.07, 6.45) is -1.45. The summed E-state index contributed by atoms with van der Waals surface area (Å²) in [7, 11) is 0. The van der Waals surface area contributed by atoms with Crippen LogP contribution in [0, 0.1) is 5.92 Å². The molecule has 3 unspecified atom stereocenters. The minimum absolute atomic E-state index is 0.0686. The summed E-state index contributed by atoms with van der Waals surface area (Å²) in [6.45, 7) is 2.71. The fourth-order valence-electron chi connectivity index (χ4n) is 3.50. The number of carbonyl (C=O) groups excluding carboxylic acids is 1. The average Bonchev–Trinajstić information content (AvgIpc) is 2.47. The molecule has 4 nitrogen and oxygen atoms in total. The second-order valence-electron chi connectivity index (χ2n) is 6.49. The van der Waals surface area contributed by atoms with E-state index in [0.29, 0.717) is 13.0 Å². The maximum Gasteiger partial charge on any atom is 0.393 e. The molecule has 2 aliphatic heterocycles. The van der Waals surface area contributed by atoms with E-state index < -0.39 is 18.2 Å². The standard InChI is InChI=1S/C15H25F3N2O2/c1-11(21)13-6-2-3-7-19(13)10-14(22)20-8-4-5-12(9-20)15(16,17)18/h11-13,21H,2-10H2,1H3. The van der Waals surface area contributed by atoms with E-state index in [1.54, 1.807) is 6.92 Å². The lowest BCUT2D eigenvalue weighted by molar-refractivity contribution is -0.188. The number of aliphatic hydroxyl groups is 1. The van der Waals surface area contributed by atoms with Gasteiger partial charge in [0.05, 0.1) is 18.6 Å². The van der Waals surface area contributed by atoms with Crippen LogP contribution in [0.25, 0.3) is 0 Å². The molecule has 0 spiro atoms. The molecule has 0 aromatic heterocycles. The van der Waals surface area contributed by atoms with Crippen molar-refractivity contribution in [2.45, 2.75) is 57.3 Å². The minimum atomic E-state index is -4.23. The highest BCUT2D eigenvalue weighted by Gasteiger charge is 2.43. The number of likely N-dealkylation sites (tertiary alicyclic amines) is 2. The van der Waals surface area contributed by atoms with Crippen LogP contribution in [-0.2, 0) is 4.79 Å². The van der Waals surface area contributed by atoms with Crippen LogP contribution in [0.1, 0.15) is 39.0 Å². The van der Waals surface area contributed by atoms with Crippen LogP contribution in [0.4, 0.5) is 13.2 Å². The van der Waals surface area contributed by atoms with Crippen molar-refractivity contribution in [2.75, 3.05) is 26.2 Å². The largest absolute Gasteiger partial charge is 0.393 e. The van der Waals surface area contributed by atoms with Gasteiger partial charge in [0.25, 0.3) is 0 Å². The fourth-order valence-corrected chi connectivity index (χ4v) is 3.50. The predicted molar refractivity (Wildman–Crippen MR) is 76.3 cm³/mol. The highest BCUT2D eigenvalue weighted by Crippen LogP contribution is 2.33. The van der Waals surface area contributed by atoms with E-state index in [1.165, 1.54) is 4.90 Å². The fraction of sp³-hybridized carbons (Fsp3) is 0.933. The lowest BCUT2D eigenvalue weighted by Crippen LogP contribution is -2.52. The number of aliphatic hydroxyl groups excluding tert-OH is 1. The third-order valence-electron chi connectivity index (χ3n) is 4.80. The lowest BCUT2D eigenvalue weighted by Gasteiger charge is -2.39. The van der Waals surface area contributed by atoms with E-state index in [9.17, 15) is 23.1 Å². The Morgan fingerprint density at radius 3 is 2.59 bits per heavy atom. The number of hydrogen-bond acceptors (Lipinski definition) is 3. The first-order valence-electron chi connectivity index (χ1n) is 8.05. The zero-order valence-corrected chi connectivity index (χ0v) is 13.0. The van der Waals surface area contributed by atoms with Gasteiger partial charge in [0, 0.05) is 19.1 Å². The summed E-state index contributed by atoms with van der Waals surface area (Å²) < 4.78 is 38.5. The Balaban J connectivity index is 1.93. The van der Waals surface area contributed by atoms with Crippen LogP contribution in [0.2, 0.25) is 0 Å². The lowest BCUT2D eigenvalue weighted by atomic mass is 9.96. The molecule has 2 aliphatic rings. The summed E-state index contributed by atoms with van der Waals surface area (Å²) in [5.41, 5.74) is 0. The summed E-state index contributed by atoms with van der Waals surface area (Å²) in [4.78, 5) is 15.6. The Hall–Kier alpha value is -0.820. The zero-order chi connectivity index (χ0) is 16.3. The summed E-state index contributed by atoms with van der Waals surface area (Å²) >= 11 is 0. The Bertz CT molecular complexity index is 387. The molecule has 0 aromatic rings. The molecule has 0 aliphatic carbocycles. The predicted octanol–water partition coefficient (Wildman–Crippen LogP) is 2.02. The summed E-state index contributed by atoms with van der Waals surface area (Å²) in [5.74, 6) is -1.65. The highest BCUT2D eigenvalue weighted by molar-refractivity contribution is 5.78. The quantitative estimate of drug-likeness (QED) is 0.864. The molecule has 1 N–H and O–H groups in total. The van der Waals surface area contributed by atoms with Crippen LogP contribution in [0.3, 0.4) is 0 Å². The highest BCUT2D eigenvalue weighted by atomic mass is 19.4. The molecule has 22 heavy (non-hydrogen) atoms. The first kappa shape index (κ1) is 17.5. The second-order valence-corrected chi connectivity index (χ2v) is 6.49. The first-order valence-corrected chi connectivity index (χ1v) is 8.05. The number of halogens is 3. The van der Waals surface area contributed by atoms with Crippen molar-refractivity contribution in [3.05, 3.63) is 0 Å². The number of amides is 1. The van der Waals surface area contributed by atoms with Crippen LogP contribution >= 0.6 is 0 Å². The third kappa shape index (κ3) is 4.35. The van der Waals surface area contributed by atoms with Crippen molar-refractivity contribution in [2.24, 2.45) is 5.92 Å². The molecule has 0 aromatic carbocycles. The van der Waals surface area contributed by atoms with Crippen LogP contribution in [0.5, 0.6) is 0 Å². The Morgan fingerprint density at radius 1 is 1.23 bits per heavy atom. The van der Waals surface area contributed by atoms with Crippen molar-refractivity contribution >= 4 is 5.91 Å². The van der Waals surface area contributed by atoms with Gasteiger partial charge < -0.3 is 10.0 Å². The van der Waals surface area contributed by atoms with Gasteiger partial charge in [-0.2, -0.15) is 13.2 Å². The average molecular weight is 322 g/mol. The van der Waals surface area contributed by atoms with E-state index in [1.807, 2.05) is 4.90 Å². The van der Waals surface area contributed by atoms with Gasteiger partial charge >= 0.3 is 6.18 Å². The Kier molecular flexibility index (Phi) is 5.71. The van der Waals surface area contributed by atoms with Gasteiger partial charge in [0.1, 0.15) is 0 Å². The summed E-state index contributed by atoms with van der Waals surface area (Å²) in [6, 6.07) is -0.0686. The number of carbonyl (C=O) groups is 1. The van der Waals surface area contributed by atoms with E-state index in [4.69, 9.17) is 0 Å². The minimum Gasteiger partial charge on any atom is -0.392 e. The Morgan fingerprint density at radius 2 is 1.95 bits per heavy atom. The number of nitrogens with zero attached hydrogens (tertiary/aromatic N) is 2. The van der Waals surface area contributed by atoms with Crippen molar-refractivity contribution in [3.63, 3.8) is 0 Å². The maximum absolute atomic E-state index is 12.8. The molecule has 2 saturated heterocycles. The summed E-state index contributed by atoms with van der Waals surface area (Å²) in [5, 5.41) is 9.80. The molecule has 2 fully saturated rings. The van der Waals surface area contributed by atoms with Crippen molar-refractivity contribution in [3.8, 4) is 0 Å². The SMILES string of the molecule is CC(O)C1CCCCN1CC(=O)N1CCCC(C(F)(F)F)C1. The number of hydrogen-bond donors (Lipinski definition) is 1. The van der Waals surface area contributed by atoms with Gasteiger partial charge in [0.15, 0.2) is 0 Å². The molecule has 3 atom stereocenters. The molecule has 0 bridgehead atoms. The van der Waals surface area contributed by atoms with Gasteiger partial charge in [-0.05, 0) is 39.2 Å². The molecule has 1 amide bonds. The number of alkyl halides is 3. The van der Waals surface area contributed by atoms with Gasteiger partial charge in [0.2, 0.25) is 5.91 Å². The molecule has 0 saturated carbocycles. The van der Waals surface area contributed by atoms with Gasteiger partial charge in [-0.1, -0.05) is 6.42 Å². The van der Waals surface area contributed by atoms with Gasteiger partial charge in [-0.3, -0.25) is 9.69 Å².